The van der Waals surface area contributed by atoms with Gasteiger partial charge in [-0.2, -0.15) is 0 Å². The first-order valence-corrected chi connectivity index (χ1v) is 6.88. The minimum absolute atomic E-state index is 0.00570. The van der Waals surface area contributed by atoms with E-state index >= 15 is 0 Å². The van der Waals surface area contributed by atoms with Crippen molar-refractivity contribution in [1.29, 1.82) is 0 Å². The molecule has 1 N–H and O–H groups in total. The fourth-order valence-electron chi connectivity index (χ4n) is 2.23. The van der Waals surface area contributed by atoms with E-state index in [2.05, 4.69) is 31.1 Å². The molecule has 1 saturated carbocycles. The van der Waals surface area contributed by atoms with Crippen molar-refractivity contribution in [2.24, 2.45) is 11.8 Å². The fourth-order valence-corrected chi connectivity index (χ4v) is 2.23. The summed E-state index contributed by atoms with van der Waals surface area (Å²) in [7, 11) is 0. The number of nitrogens with one attached hydrogen (secondary N) is 1. The van der Waals surface area contributed by atoms with Gasteiger partial charge >= 0.3 is 0 Å². The van der Waals surface area contributed by atoms with Crippen LogP contribution in [-0.4, -0.2) is 15.6 Å². The highest BCUT2D eigenvalue weighted by Gasteiger charge is 2.24. The van der Waals surface area contributed by atoms with E-state index < -0.39 is 0 Å². The van der Waals surface area contributed by atoms with Gasteiger partial charge in [-0.1, -0.05) is 26.7 Å². The molecule has 4 heteroatoms. The zero-order valence-electron chi connectivity index (χ0n) is 11.5. The van der Waals surface area contributed by atoms with Gasteiger partial charge in [0, 0.05) is 25.0 Å². The Labute approximate surface area is 108 Å². The Morgan fingerprint density at radius 1 is 1.44 bits per heavy atom. The molecule has 0 amide bonds. The molecule has 0 aliphatic heterocycles. The lowest BCUT2D eigenvalue weighted by molar-refractivity contribution is 0.509. The van der Waals surface area contributed by atoms with Crippen molar-refractivity contribution in [3.8, 4) is 0 Å². The molecule has 1 fully saturated rings. The Morgan fingerprint density at radius 2 is 2.17 bits per heavy atom. The molecular formula is C14H23N3O. The maximum atomic E-state index is 12.2. The van der Waals surface area contributed by atoms with Gasteiger partial charge in [0.05, 0.1) is 0 Å². The molecule has 0 aromatic carbocycles. The molecule has 1 heterocycles. The molecule has 0 spiro atoms. The van der Waals surface area contributed by atoms with Crippen LogP contribution >= 0.6 is 0 Å². The van der Waals surface area contributed by atoms with Gasteiger partial charge in [0.15, 0.2) is 5.82 Å². The highest BCUT2D eigenvalue weighted by molar-refractivity contribution is 5.32. The van der Waals surface area contributed by atoms with Gasteiger partial charge in [-0.15, -0.1) is 0 Å². The molecular weight excluding hydrogens is 226 g/mol. The van der Waals surface area contributed by atoms with E-state index in [0.29, 0.717) is 17.8 Å². The van der Waals surface area contributed by atoms with Crippen LogP contribution in [0.15, 0.2) is 17.2 Å². The van der Waals surface area contributed by atoms with Gasteiger partial charge in [0.1, 0.15) is 0 Å². The Kier molecular flexibility index (Phi) is 4.04. The van der Waals surface area contributed by atoms with Crippen LogP contribution < -0.4 is 10.9 Å². The molecule has 0 saturated heterocycles. The van der Waals surface area contributed by atoms with Gasteiger partial charge in [-0.25, -0.2) is 4.98 Å². The maximum absolute atomic E-state index is 12.2. The molecule has 1 aliphatic rings. The van der Waals surface area contributed by atoms with E-state index in [-0.39, 0.29) is 5.56 Å². The average Bonchev–Trinajstić information content (AvgIpc) is 3.07. The van der Waals surface area contributed by atoms with Crippen molar-refractivity contribution in [2.75, 3.05) is 5.32 Å². The SMILES string of the molecule is CC(C)Cn1ccnc(NC(C)CC2CC2)c1=O. The van der Waals surface area contributed by atoms with E-state index in [0.717, 1.165) is 18.9 Å². The minimum Gasteiger partial charge on any atom is -0.363 e. The Morgan fingerprint density at radius 3 is 2.78 bits per heavy atom. The van der Waals surface area contributed by atoms with Crippen LogP contribution in [0.1, 0.15) is 40.0 Å². The van der Waals surface area contributed by atoms with Crippen molar-refractivity contribution >= 4 is 5.82 Å². The van der Waals surface area contributed by atoms with E-state index in [4.69, 9.17) is 0 Å². The molecule has 1 aromatic rings. The van der Waals surface area contributed by atoms with Gasteiger partial charge in [0.2, 0.25) is 0 Å². The van der Waals surface area contributed by atoms with Crippen LogP contribution in [0, 0.1) is 11.8 Å². The van der Waals surface area contributed by atoms with Crippen LogP contribution in [0.3, 0.4) is 0 Å². The third-order valence-corrected chi connectivity index (χ3v) is 3.24. The molecule has 1 aromatic heterocycles. The molecule has 1 aliphatic carbocycles. The molecule has 0 radical (unpaired) electrons. The number of nitrogens with zero attached hydrogens (tertiary/aromatic N) is 2. The maximum Gasteiger partial charge on any atom is 0.293 e. The average molecular weight is 249 g/mol. The number of rotatable bonds is 6. The van der Waals surface area contributed by atoms with Gasteiger partial charge in [0.25, 0.3) is 5.56 Å². The van der Waals surface area contributed by atoms with Gasteiger partial charge in [-0.3, -0.25) is 4.79 Å². The second kappa shape index (κ2) is 5.55. The Hall–Kier alpha value is -1.32. The molecule has 100 valence electrons. The highest BCUT2D eigenvalue weighted by atomic mass is 16.1. The normalized spacial score (nSPS) is 16.9. The standard InChI is InChI=1S/C14H23N3O/c1-10(2)9-17-7-6-15-13(14(17)18)16-11(3)8-12-4-5-12/h6-7,10-12H,4-5,8-9H2,1-3H3,(H,15,16). The van der Waals surface area contributed by atoms with E-state index in [1.54, 1.807) is 17.0 Å². The van der Waals surface area contributed by atoms with Crippen LogP contribution in [0.25, 0.3) is 0 Å². The van der Waals surface area contributed by atoms with Crippen LogP contribution in [-0.2, 0) is 6.54 Å². The second-order valence-electron chi connectivity index (χ2n) is 5.85. The third-order valence-electron chi connectivity index (χ3n) is 3.24. The Balaban J connectivity index is 2.04. The van der Waals surface area contributed by atoms with Crippen molar-refractivity contribution in [2.45, 2.75) is 52.6 Å². The zero-order chi connectivity index (χ0) is 13.1. The summed E-state index contributed by atoms with van der Waals surface area (Å²) in [5.41, 5.74) is -0.00570. The van der Waals surface area contributed by atoms with Gasteiger partial charge in [-0.05, 0) is 25.2 Å². The summed E-state index contributed by atoms with van der Waals surface area (Å²) >= 11 is 0. The number of hydrogen-bond acceptors (Lipinski definition) is 3. The number of hydrogen-bond donors (Lipinski definition) is 1. The van der Waals surface area contributed by atoms with Crippen LogP contribution in [0.5, 0.6) is 0 Å². The summed E-state index contributed by atoms with van der Waals surface area (Å²) in [5, 5.41) is 3.25. The largest absolute Gasteiger partial charge is 0.363 e. The first-order chi connectivity index (χ1) is 8.56. The van der Waals surface area contributed by atoms with Crippen molar-refractivity contribution in [1.82, 2.24) is 9.55 Å². The summed E-state index contributed by atoms with van der Waals surface area (Å²) in [6, 6.07) is 0.326. The summed E-state index contributed by atoms with van der Waals surface area (Å²) in [4.78, 5) is 16.3. The number of aromatic nitrogens is 2. The van der Waals surface area contributed by atoms with Crippen molar-refractivity contribution in [3.05, 3.63) is 22.7 Å². The lowest BCUT2D eigenvalue weighted by atomic mass is 10.1. The summed E-state index contributed by atoms with van der Waals surface area (Å²) in [6.45, 7) is 7.08. The molecule has 1 unspecified atom stereocenters. The second-order valence-corrected chi connectivity index (χ2v) is 5.85. The van der Waals surface area contributed by atoms with Crippen molar-refractivity contribution < 1.29 is 0 Å². The zero-order valence-corrected chi connectivity index (χ0v) is 11.5. The molecule has 4 nitrogen and oxygen atoms in total. The summed E-state index contributed by atoms with van der Waals surface area (Å²) in [5.74, 6) is 1.81. The molecule has 2 rings (SSSR count). The molecule has 1 atom stereocenters. The Bertz CT molecular complexity index is 449. The van der Waals surface area contributed by atoms with E-state index in [1.807, 2.05) is 0 Å². The topological polar surface area (TPSA) is 46.9 Å². The first-order valence-electron chi connectivity index (χ1n) is 6.88. The third kappa shape index (κ3) is 3.59. The summed E-state index contributed by atoms with van der Waals surface area (Å²) < 4.78 is 1.74. The number of anilines is 1. The lowest BCUT2D eigenvalue weighted by Crippen LogP contribution is -2.29. The molecule has 18 heavy (non-hydrogen) atoms. The van der Waals surface area contributed by atoms with E-state index in [9.17, 15) is 4.79 Å². The highest BCUT2D eigenvalue weighted by Crippen LogP contribution is 2.33. The summed E-state index contributed by atoms with van der Waals surface area (Å²) in [6.07, 6.45) is 7.28. The molecule has 0 bridgehead atoms. The quantitative estimate of drug-likeness (QED) is 0.842. The predicted octanol–water partition coefficient (Wildman–Crippen LogP) is 2.50. The minimum atomic E-state index is -0.00570. The monoisotopic (exact) mass is 249 g/mol. The van der Waals surface area contributed by atoms with Crippen LogP contribution in [0.4, 0.5) is 5.82 Å². The first kappa shape index (κ1) is 13.1. The predicted molar refractivity (Wildman–Crippen MR) is 73.8 cm³/mol. The van der Waals surface area contributed by atoms with Gasteiger partial charge < -0.3 is 9.88 Å². The van der Waals surface area contributed by atoms with Crippen LogP contribution in [0.2, 0.25) is 0 Å². The smallest absolute Gasteiger partial charge is 0.293 e. The fraction of sp³-hybridized carbons (Fsp3) is 0.714. The van der Waals surface area contributed by atoms with E-state index in [1.165, 1.54) is 12.8 Å². The van der Waals surface area contributed by atoms with Crippen molar-refractivity contribution in [3.63, 3.8) is 0 Å². The lowest BCUT2D eigenvalue weighted by Gasteiger charge is -2.15.